The van der Waals surface area contributed by atoms with Gasteiger partial charge in [-0.05, 0) is 18.6 Å². The zero-order valence-corrected chi connectivity index (χ0v) is 14.4. The molecular formula is C19H21FN4O. The highest BCUT2D eigenvalue weighted by Crippen LogP contribution is 2.35. The SMILES string of the molecule is C=NN(C)Cc1cc(Oc2c(F)cc3[nH]ccc3c2CCC)ccn1. The third kappa shape index (κ3) is 3.63. The molecule has 5 nitrogen and oxygen atoms in total. The van der Waals surface area contributed by atoms with E-state index in [9.17, 15) is 4.39 Å². The summed E-state index contributed by atoms with van der Waals surface area (Å²) in [5.41, 5.74) is 2.43. The van der Waals surface area contributed by atoms with Gasteiger partial charge in [-0.3, -0.25) is 9.99 Å². The summed E-state index contributed by atoms with van der Waals surface area (Å²) >= 11 is 0. The highest BCUT2D eigenvalue weighted by atomic mass is 19.1. The third-order valence-electron chi connectivity index (χ3n) is 4.01. The van der Waals surface area contributed by atoms with Gasteiger partial charge >= 0.3 is 0 Å². The number of benzene rings is 1. The van der Waals surface area contributed by atoms with Crippen molar-refractivity contribution >= 4 is 17.6 Å². The van der Waals surface area contributed by atoms with E-state index in [0.29, 0.717) is 12.3 Å². The van der Waals surface area contributed by atoms with Crippen molar-refractivity contribution in [1.82, 2.24) is 15.0 Å². The molecule has 0 radical (unpaired) electrons. The number of aromatic nitrogens is 2. The number of ether oxygens (including phenoxy) is 1. The fraction of sp³-hybridized carbons (Fsp3) is 0.263. The first kappa shape index (κ1) is 17.0. The number of hydrogen-bond acceptors (Lipinski definition) is 4. The molecule has 0 saturated carbocycles. The number of rotatable bonds is 7. The number of nitrogens with one attached hydrogen (secondary N) is 1. The van der Waals surface area contributed by atoms with Gasteiger partial charge < -0.3 is 9.72 Å². The molecule has 0 aliphatic heterocycles. The number of hydrogen-bond donors (Lipinski definition) is 1. The van der Waals surface area contributed by atoms with Crippen molar-refractivity contribution in [2.45, 2.75) is 26.3 Å². The van der Waals surface area contributed by atoms with E-state index >= 15 is 0 Å². The molecule has 1 N–H and O–H groups in total. The van der Waals surface area contributed by atoms with E-state index in [0.717, 1.165) is 35.0 Å². The second-order valence-corrected chi connectivity index (χ2v) is 5.90. The Labute approximate surface area is 146 Å². The van der Waals surface area contributed by atoms with Crippen molar-refractivity contribution in [3.8, 4) is 11.5 Å². The molecule has 0 spiro atoms. The number of H-pyrrole nitrogens is 1. The summed E-state index contributed by atoms with van der Waals surface area (Å²) < 4.78 is 20.6. The molecule has 0 aliphatic rings. The van der Waals surface area contributed by atoms with Gasteiger partial charge in [0.15, 0.2) is 11.6 Å². The lowest BCUT2D eigenvalue weighted by Gasteiger charge is -2.15. The van der Waals surface area contributed by atoms with Crippen LogP contribution < -0.4 is 4.74 Å². The lowest BCUT2D eigenvalue weighted by molar-refractivity contribution is 0.344. The van der Waals surface area contributed by atoms with Crippen molar-refractivity contribution in [3.63, 3.8) is 0 Å². The maximum atomic E-state index is 14.6. The van der Waals surface area contributed by atoms with Gasteiger partial charge in [0, 0.05) is 54.8 Å². The summed E-state index contributed by atoms with van der Waals surface area (Å²) in [6.07, 6.45) is 5.10. The monoisotopic (exact) mass is 340 g/mol. The number of hydrazone groups is 1. The van der Waals surface area contributed by atoms with Crippen LogP contribution in [0.25, 0.3) is 10.9 Å². The van der Waals surface area contributed by atoms with Crippen LogP contribution in [0.3, 0.4) is 0 Å². The Morgan fingerprint density at radius 3 is 2.96 bits per heavy atom. The largest absolute Gasteiger partial charge is 0.454 e. The summed E-state index contributed by atoms with van der Waals surface area (Å²) in [5.74, 6) is 0.455. The summed E-state index contributed by atoms with van der Waals surface area (Å²) in [4.78, 5) is 7.34. The molecule has 130 valence electrons. The normalized spacial score (nSPS) is 10.8. The van der Waals surface area contributed by atoms with Crippen LogP contribution in [0.1, 0.15) is 24.6 Å². The molecule has 0 bridgehead atoms. The average Bonchev–Trinajstić information content (AvgIpc) is 3.06. The second kappa shape index (κ2) is 7.34. The Morgan fingerprint density at radius 1 is 1.36 bits per heavy atom. The molecule has 2 aromatic heterocycles. The van der Waals surface area contributed by atoms with Gasteiger partial charge in [-0.15, -0.1) is 0 Å². The van der Waals surface area contributed by atoms with Gasteiger partial charge in [0.25, 0.3) is 0 Å². The van der Waals surface area contributed by atoms with Crippen molar-refractivity contribution in [2.75, 3.05) is 7.05 Å². The van der Waals surface area contributed by atoms with E-state index in [1.165, 1.54) is 6.07 Å². The van der Waals surface area contributed by atoms with E-state index in [4.69, 9.17) is 4.74 Å². The van der Waals surface area contributed by atoms with Crippen LogP contribution in [-0.4, -0.2) is 28.7 Å². The highest BCUT2D eigenvalue weighted by molar-refractivity contribution is 5.85. The maximum Gasteiger partial charge on any atom is 0.168 e. The van der Waals surface area contributed by atoms with Crippen molar-refractivity contribution in [3.05, 3.63) is 53.7 Å². The Bertz CT molecular complexity index is 890. The number of pyridine rings is 1. The summed E-state index contributed by atoms with van der Waals surface area (Å²) in [6, 6.07) is 6.94. The van der Waals surface area contributed by atoms with Crippen LogP contribution in [-0.2, 0) is 13.0 Å². The molecule has 3 aromatic rings. The van der Waals surface area contributed by atoms with Crippen molar-refractivity contribution in [2.24, 2.45) is 5.10 Å². The molecule has 0 atom stereocenters. The average molecular weight is 340 g/mol. The molecule has 25 heavy (non-hydrogen) atoms. The Balaban J connectivity index is 1.97. The van der Waals surface area contributed by atoms with Gasteiger partial charge in [0.1, 0.15) is 5.75 Å². The van der Waals surface area contributed by atoms with Crippen LogP contribution in [0.15, 0.2) is 41.8 Å². The minimum absolute atomic E-state index is 0.279. The van der Waals surface area contributed by atoms with Crippen molar-refractivity contribution in [1.29, 1.82) is 0 Å². The summed E-state index contributed by atoms with van der Waals surface area (Å²) in [5, 5.41) is 6.47. The minimum Gasteiger partial charge on any atom is -0.454 e. The third-order valence-corrected chi connectivity index (χ3v) is 4.01. The Kier molecular flexibility index (Phi) is 4.97. The molecule has 0 saturated heterocycles. The smallest absolute Gasteiger partial charge is 0.168 e. The van der Waals surface area contributed by atoms with E-state index < -0.39 is 0 Å². The molecule has 0 aliphatic carbocycles. The maximum absolute atomic E-state index is 14.6. The van der Waals surface area contributed by atoms with Crippen LogP contribution in [0, 0.1) is 5.82 Å². The standard InChI is InChI=1S/C19H21FN4O/c1-4-5-16-15-7-9-23-18(15)11-17(20)19(16)25-14-6-8-22-13(10-14)12-24(3)21-2/h6-11,23H,2,4-5,12H2,1,3H3. The van der Waals surface area contributed by atoms with Gasteiger partial charge in [0.2, 0.25) is 0 Å². The van der Waals surface area contributed by atoms with Gasteiger partial charge in [-0.25, -0.2) is 4.39 Å². The van der Waals surface area contributed by atoms with E-state index in [2.05, 4.69) is 28.7 Å². The number of fused-ring (bicyclic) bond motifs is 1. The van der Waals surface area contributed by atoms with E-state index in [1.54, 1.807) is 30.4 Å². The fourth-order valence-electron chi connectivity index (χ4n) is 2.84. The number of aromatic amines is 1. The molecule has 0 fully saturated rings. The van der Waals surface area contributed by atoms with Gasteiger partial charge in [-0.2, -0.15) is 5.10 Å². The molecule has 6 heteroatoms. The number of nitrogens with zero attached hydrogens (tertiary/aromatic N) is 3. The summed E-state index contributed by atoms with van der Waals surface area (Å²) in [7, 11) is 1.81. The zero-order chi connectivity index (χ0) is 17.8. The lowest BCUT2D eigenvalue weighted by atomic mass is 10.0. The molecule has 2 heterocycles. The number of aryl methyl sites for hydroxylation is 1. The van der Waals surface area contributed by atoms with Crippen molar-refractivity contribution < 1.29 is 9.13 Å². The van der Waals surface area contributed by atoms with Crippen LogP contribution >= 0.6 is 0 Å². The minimum atomic E-state index is -0.373. The molecule has 3 rings (SSSR count). The van der Waals surface area contributed by atoms with Crippen LogP contribution in [0.4, 0.5) is 4.39 Å². The first-order valence-electron chi connectivity index (χ1n) is 8.21. The predicted molar refractivity (Wildman–Crippen MR) is 97.6 cm³/mol. The highest BCUT2D eigenvalue weighted by Gasteiger charge is 2.16. The summed E-state index contributed by atoms with van der Waals surface area (Å²) in [6.45, 7) is 6.05. The van der Waals surface area contributed by atoms with Gasteiger partial charge in [0.05, 0.1) is 12.2 Å². The predicted octanol–water partition coefficient (Wildman–Crippen LogP) is 4.49. The van der Waals surface area contributed by atoms with Crippen LogP contribution in [0.2, 0.25) is 0 Å². The quantitative estimate of drug-likeness (QED) is 0.509. The Morgan fingerprint density at radius 2 is 2.20 bits per heavy atom. The lowest BCUT2D eigenvalue weighted by Crippen LogP contribution is -2.10. The topological polar surface area (TPSA) is 53.5 Å². The fourth-order valence-corrected chi connectivity index (χ4v) is 2.84. The van der Waals surface area contributed by atoms with Crippen LogP contribution in [0.5, 0.6) is 11.5 Å². The zero-order valence-electron chi connectivity index (χ0n) is 14.4. The molecule has 0 unspecified atom stereocenters. The van der Waals surface area contributed by atoms with Gasteiger partial charge in [-0.1, -0.05) is 13.3 Å². The molecular weight excluding hydrogens is 319 g/mol. The molecule has 0 amide bonds. The molecule has 1 aromatic carbocycles. The number of halogens is 1. The second-order valence-electron chi connectivity index (χ2n) is 5.90. The first-order chi connectivity index (χ1) is 12.1. The van der Waals surface area contributed by atoms with E-state index in [-0.39, 0.29) is 11.6 Å². The first-order valence-corrected chi connectivity index (χ1v) is 8.21. The Hall–Kier alpha value is -2.89. The van der Waals surface area contributed by atoms with E-state index in [1.807, 2.05) is 12.3 Å².